The van der Waals surface area contributed by atoms with E-state index in [1.165, 1.54) is 0 Å². The summed E-state index contributed by atoms with van der Waals surface area (Å²) in [6.07, 6.45) is 10.2. The number of rotatable bonds is 4. The standard InChI is InChI=1S/C8H13N/c1-3-5-6-8-9-7-4-2/h2-3,5,9H,6-8H2,1H3/b5-3+. The molecule has 1 heteroatoms. The van der Waals surface area contributed by atoms with Gasteiger partial charge in [0.15, 0.2) is 0 Å². The lowest BCUT2D eigenvalue weighted by Crippen LogP contribution is -2.14. The van der Waals surface area contributed by atoms with Gasteiger partial charge in [0.05, 0.1) is 6.54 Å². The maximum absolute atomic E-state index is 5.01. The minimum Gasteiger partial charge on any atom is -0.306 e. The second-order valence-electron chi connectivity index (χ2n) is 1.74. The van der Waals surface area contributed by atoms with Crippen LogP contribution in [0.25, 0.3) is 0 Å². The van der Waals surface area contributed by atoms with Crippen LogP contribution in [0, 0.1) is 12.3 Å². The highest BCUT2D eigenvalue weighted by Gasteiger charge is 1.77. The first-order chi connectivity index (χ1) is 4.41. The molecule has 50 valence electrons. The van der Waals surface area contributed by atoms with Gasteiger partial charge in [0.2, 0.25) is 0 Å². The van der Waals surface area contributed by atoms with Crippen LogP contribution in [-0.2, 0) is 0 Å². The van der Waals surface area contributed by atoms with Crippen molar-refractivity contribution in [3.63, 3.8) is 0 Å². The van der Waals surface area contributed by atoms with Crippen molar-refractivity contribution < 1.29 is 0 Å². The van der Waals surface area contributed by atoms with Crippen LogP contribution in [0.4, 0.5) is 0 Å². The third-order valence-corrected chi connectivity index (χ3v) is 0.951. The number of nitrogens with one attached hydrogen (secondary N) is 1. The van der Waals surface area contributed by atoms with E-state index in [0.717, 1.165) is 13.0 Å². The van der Waals surface area contributed by atoms with Gasteiger partial charge in [0.1, 0.15) is 0 Å². The third kappa shape index (κ3) is 7.26. The van der Waals surface area contributed by atoms with E-state index >= 15 is 0 Å². The highest BCUT2D eigenvalue weighted by molar-refractivity contribution is 4.87. The maximum atomic E-state index is 5.01. The van der Waals surface area contributed by atoms with Gasteiger partial charge in [0.25, 0.3) is 0 Å². The van der Waals surface area contributed by atoms with Gasteiger partial charge in [-0.25, -0.2) is 0 Å². The maximum Gasteiger partial charge on any atom is 0.0573 e. The van der Waals surface area contributed by atoms with Crippen LogP contribution in [0.5, 0.6) is 0 Å². The van der Waals surface area contributed by atoms with E-state index in [0.29, 0.717) is 6.54 Å². The molecule has 0 saturated heterocycles. The molecule has 0 heterocycles. The predicted molar refractivity (Wildman–Crippen MR) is 41.1 cm³/mol. The molecule has 0 aromatic heterocycles. The van der Waals surface area contributed by atoms with E-state index in [2.05, 4.69) is 17.3 Å². The lowest BCUT2D eigenvalue weighted by atomic mass is 10.4. The fraction of sp³-hybridized carbons (Fsp3) is 0.500. The molecular weight excluding hydrogens is 110 g/mol. The molecule has 0 saturated carbocycles. The van der Waals surface area contributed by atoms with E-state index in [4.69, 9.17) is 6.42 Å². The molecule has 0 aromatic carbocycles. The normalized spacial score (nSPS) is 9.78. The van der Waals surface area contributed by atoms with E-state index in [9.17, 15) is 0 Å². The molecule has 0 aliphatic rings. The van der Waals surface area contributed by atoms with E-state index < -0.39 is 0 Å². The van der Waals surface area contributed by atoms with Crippen molar-refractivity contribution >= 4 is 0 Å². The SMILES string of the molecule is C#CCNCC/C=C/C. The summed E-state index contributed by atoms with van der Waals surface area (Å²) in [5.41, 5.74) is 0. The van der Waals surface area contributed by atoms with Gasteiger partial charge < -0.3 is 5.32 Å². The Labute approximate surface area is 57.2 Å². The Morgan fingerprint density at radius 1 is 1.67 bits per heavy atom. The molecule has 1 N–H and O–H groups in total. The van der Waals surface area contributed by atoms with Crippen molar-refractivity contribution in [3.8, 4) is 12.3 Å². The molecule has 0 aromatic rings. The Kier molecular flexibility index (Phi) is 6.66. The smallest absolute Gasteiger partial charge is 0.0573 e. The van der Waals surface area contributed by atoms with Crippen molar-refractivity contribution in [2.75, 3.05) is 13.1 Å². The summed E-state index contributed by atoms with van der Waals surface area (Å²) in [5.74, 6) is 2.51. The molecule has 9 heavy (non-hydrogen) atoms. The van der Waals surface area contributed by atoms with Crippen molar-refractivity contribution in [1.82, 2.24) is 5.32 Å². The van der Waals surface area contributed by atoms with Crippen LogP contribution in [-0.4, -0.2) is 13.1 Å². The molecule has 0 aliphatic heterocycles. The highest BCUT2D eigenvalue weighted by Crippen LogP contribution is 1.77. The lowest BCUT2D eigenvalue weighted by Gasteiger charge is -1.93. The van der Waals surface area contributed by atoms with Gasteiger partial charge in [-0.15, -0.1) is 6.42 Å². The largest absolute Gasteiger partial charge is 0.306 e. The second kappa shape index (κ2) is 7.26. The van der Waals surface area contributed by atoms with Gasteiger partial charge in [-0.1, -0.05) is 18.1 Å². The fourth-order valence-corrected chi connectivity index (χ4v) is 0.513. The Hall–Kier alpha value is -0.740. The first kappa shape index (κ1) is 8.26. The van der Waals surface area contributed by atoms with Crippen molar-refractivity contribution in [2.45, 2.75) is 13.3 Å². The molecule has 0 fully saturated rings. The van der Waals surface area contributed by atoms with E-state index in [-0.39, 0.29) is 0 Å². The summed E-state index contributed by atoms with van der Waals surface area (Å²) in [7, 11) is 0. The monoisotopic (exact) mass is 123 g/mol. The Morgan fingerprint density at radius 3 is 3.00 bits per heavy atom. The van der Waals surface area contributed by atoms with E-state index in [1.807, 2.05) is 13.0 Å². The molecule has 0 spiro atoms. The first-order valence-electron chi connectivity index (χ1n) is 3.17. The van der Waals surface area contributed by atoms with Gasteiger partial charge in [-0.2, -0.15) is 0 Å². The summed E-state index contributed by atoms with van der Waals surface area (Å²) < 4.78 is 0. The summed E-state index contributed by atoms with van der Waals surface area (Å²) in [6, 6.07) is 0. The summed E-state index contributed by atoms with van der Waals surface area (Å²) >= 11 is 0. The molecule has 1 nitrogen and oxygen atoms in total. The molecule has 0 amide bonds. The number of hydrogen-bond acceptors (Lipinski definition) is 1. The quantitative estimate of drug-likeness (QED) is 0.336. The zero-order valence-corrected chi connectivity index (χ0v) is 5.85. The second-order valence-corrected chi connectivity index (χ2v) is 1.74. The number of hydrogen-bond donors (Lipinski definition) is 1. The lowest BCUT2D eigenvalue weighted by molar-refractivity contribution is 0.765. The van der Waals surface area contributed by atoms with Gasteiger partial charge in [-0.3, -0.25) is 0 Å². The zero-order chi connectivity index (χ0) is 6.95. The van der Waals surface area contributed by atoms with Crippen molar-refractivity contribution in [1.29, 1.82) is 0 Å². The fourth-order valence-electron chi connectivity index (χ4n) is 0.513. The third-order valence-electron chi connectivity index (χ3n) is 0.951. The summed E-state index contributed by atoms with van der Waals surface area (Å²) in [6.45, 7) is 3.67. The minimum atomic E-state index is 0.678. The van der Waals surface area contributed by atoms with Crippen LogP contribution < -0.4 is 5.32 Å². The molecular formula is C8H13N. The predicted octanol–water partition coefficient (Wildman–Crippen LogP) is 1.18. The topological polar surface area (TPSA) is 12.0 Å². The summed E-state index contributed by atoms with van der Waals surface area (Å²) in [4.78, 5) is 0. The minimum absolute atomic E-state index is 0.678. The molecule has 0 aliphatic carbocycles. The van der Waals surface area contributed by atoms with E-state index in [1.54, 1.807) is 0 Å². The molecule has 0 bridgehead atoms. The number of allylic oxidation sites excluding steroid dienone is 1. The number of terminal acetylenes is 1. The van der Waals surface area contributed by atoms with Crippen LogP contribution in [0.3, 0.4) is 0 Å². The van der Waals surface area contributed by atoms with Crippen LogP contribution in [0.1, 0.15) is 13.3 Å². The Balaban J connectivity index is 2.85. The Bertz CT molecular complexity index is 108. The van der Waals surface area contributed by atoms with Gasteiger partial charge >= 0.3 is 0 Å². The molecule has 0 atom stereocenters. The van der Waals surface area contributed by atoms with Crippen LogP contribution >= 0.6 is 0 Å². The zero-order valence-electron chi connectivity index (χ0n) is 5.85. The van der Waals surface area contributed by atoms with Crippen LogP contribution in [0.2, 0.25) is 0 Å². The summed E-state index contributed by atoms with van der Waals surface area (Å²) in [5, 5.41) is 3.08. The Morgan fingerprint density at radius 2 is 2.44 bits per heavy atom. The molecule has 0 unspecified atom stereocenters. The molecule has 0 radical (unpaired) electrons. The van der Waals surface area contributed by atoms with Crippen LogP contribution in [0.15, 0.2) is 12.2 Å². The molecule has 0 rings (SSSR count). The average Bonchev–Trinajstić information content (AvgIpc) is 1.89. The highest BCUT2D eigenvalue weighted by atomic mass is 14.8. The van der Waals surface area contributed by atoms with Gasteiger partial charge in [0, 0.05) is 0 Å². The van der Waals surface area contributed by atoms with Crippen molar-refractivity contribution in [3.05, 3.63) is 12.2 Å². The van der Waals surface area contributed by atoms with Gasteiger partial charge in [-0.05, 0) is 19.9 Å². The van der Waals surface area contributed by atoms with Crippen molar-refractivity contribution in [2.24, 2.45) is 0 Å². The first-order valence-corrected chi connectivity index (χ1v) is 3.17. The average molecular weight is 123 g/mol.